The highest BCUT2D eigenvalue weighted by Crippen LogP contribution is 2.61. The largest absolute Gasteiger partial charge is 0.446 e. The van der Waals surface area contributed by atoms with Crippen LogP contribution in [0.1, 0.15) is 72.1 Å². The minimum absolute atomic E-state index is 0.0523. The van der Waals surface area contributed by atoms with Crippen molar-refractivity contribution in [3.8, 4) is 0 Å². The predicted molar refractivity (Wildman–Crippen MR) is 113 cm³/mol. The lowest BCUT2D eigenvalue weighted by atomic mass is 9.53. The minimum atomic E-state index is -0.107. The standard InChI is InChI=1S/C24H38N2O3/c1-4-14-26(15-5-2)23(28)29-21-10-8-19-17-6-9-20-18(7-11-22(27)25-20)16(17)12-13-24(19,21)3/h7,11,16-21H,4-6,8-10,12-15H2,1-3H3,(H,25,27)/t16-,17+,18+,19-,20+,21-,24-/m0/s1. The summed E-state index contributed by atoms with van der Waals surface area (Å²) in [6.45, 7) is 8.18. The maximum atomic E-state index is 12.9. The SMILES string of the molecule is CCCN(CCC)C(=O)O[C@H]1CC[C@H]2[C@@H]3CC[C@H]4NC(=O)C=C[C@@H]4[C@H]3CC[C@]12C. The van der Waals surface area contributed by atoms with E-state index in [1.54, 1.807) is 6.08 Å². The first kappa shape index (κ1) is 20.7. The fourth-order valence-electron chi connectivity index (χ4n) is 7.12. The third kappa shape index (κ3) is 3.70. The van der Waals surface area contributed by atoms with Crippen molar-refractivity contribution in [3.05, 3.63) is 12.2 Å². The molecule has 0 unspecified atom stereocenters. The molecule has 3 saturated carbocycles. The van der Waals surface area contributed by atoms with Crippen LogP contribution in [-0.2, 0) is 9.53 Å². The first-order chi connectivity index (χ1) is 14.0. The van der Waals surface area contributed by atoms with Crippen LogP contribution in [0.15, 0.2) is 12.2 Å². The van der Waals surface area contributed by atoms with E-state index in [0.29, 0.717) is 29.7 Å². The summed E-state index contributed by atoms with van der Waals surface area (Å²) in [6, 6.07) is 0.324. The summed E-state index contributed by atoms with van der Waals surface area (Å²) < 4.78 is 6.17. The zero-order valence-corrected chi connectivity index (χ0v) is 18.4. The molecule has 3 fully saturated rings. The summed E-state index contributed by atoms with van der Waals surface area (Å²) in [6.07, 6.45) is 12.6. The Balaban J connectivity index is 1.46. The van der Waals surface area contributed by atoms with Crippen molar-refractivity contribution in [1.82, 2.24) is 10.2 Å². The van der Waals surface area contributed by atoms with Crippen LogP contribution in [0.2, 0.25) is 0 Å². The fraction of sp³-hybridized carbons (Fsp3) is 0.833. The van der Waals surface area contributed by atoms with Crippen molar-refractivity contribution in [2.45, 2.75) is 84.3 Å². The summed E-state index contributed by atoms with van der Waals surface area (Å²) in [5.41, 5.74) is 0.107. The van der Waals surface area contributed by atoms with E-state index in [9.17, 15) is 9.59 Å². The molecule has 0 saturated heterocycles. The molecule has 0 radical (unpaired) electrons. The zero-order valence-electron chi connectivity index (χ0n) is 18.4. The van der Waals surface area contributed by atoms with Crippen LogP contribution in [0.3, 0.4) is 0 Å². The molecule has 0 bridgehead atoms. The van der Waals surface area contributed by atoms with E-state index in [-0.39, 0.29) is 23.5 Å². The monoisotopic (exact) mass is 402 g/mol. The quantitative estimate of drug-likeness (QED) is 0.735. The van der Waals surface area contributed by atoms with Crippen molar-refractivity contribution in [3.63, 3.8) is 0 Å². The van der Waals surface area contributed by atoms with Gasteiger partial charge in [-0.1, -0.05) is 26.8 Å². The number of nitrogens with one attached hydrogen (secondary N) is 1. The molecule has 162 valence electrons. The van der Waals surface area contributed by atoms with Gasteiger partial charge in [-0.05, 0) is 75.2 Å². The van der Waals surface area contributed by atoms with Gasteiger partial charge in [0.1, 0.15) is 6.10 Å². The maximum Gasteiger partial charge on any atom is 0.410 e. The Morgan fingerprint density at radius 1 is 1.14 bits per heavy atom. The smallest absolute Gasteiger partial charge is 0.410 e. The van der Waals surface area contributed by atoms with Crippen molar-refractivity contribution < 1.29 is 14.3 Å². The van der Waals surface area contributed by atoms with Gasteiger partial charge in [0, 0.05) is 30.5 Å². The van der Waals surface area contributed by atoms with Gasteiger partial charge in [-0.2, -0.15) is 0 Å². The molecule has 1 N–H and O–H groups in total. The highest BCUT2D eigenvalue weighted by molar-refractivity contribution is 5.88. The first-order valence-corrected chi connectivity index (χ1v) is 11.9. The van der Waals surface area contributed by atoms with Gasteiger partial charge in [-0.3, -0.25) is 4.79 Å². The molecule has 7 atom stereocenters. The molecule has 0 spiro atoms. The van der Waals surface area contributed by atoms with Gasteiger partial charge < -0.3 is 15.0 Å². The summed E-state index contributed by atoms with van der Waals surface area (Å²) >= 11 is 0. The third-order valence-electron chi connectivity index (χ3n) is 8.46. The van der Waals surface area contributed by atoms with E-state index < -0.39 is 0 Å². The molecule has 5 heteroatoms. The average Bonchev–Trinajstić information content (AvgIpc) is 3.03. The molecule has 4 rings (SSSR count). The Hall–Kier alpha value is -1.52. The number of amides is 2. The molecule has 1 heterocycles. The lowest BCUT2D eigenvalue weighted by Crippen LogP contribution is -2.54. The highest BCUT2D eigenvalue weighted by atomic mass is 16.6. The Morgan fingerprint density at radius 2 is 1.90 bits per heavy atom. The Kier molecular flexibility index (Phi) is 5.94. The van der Waals surface area contributed by atoms with Gasteiger partial charge in [0.25, 0.3) is 0 Å². The molecule has 3 aliphatic carbocycles. The second-order valence-electron chi connectivity index (χ2n) is 10.0. The number of ether oxygens (including phenoxy) is 1. The van der Waals surface area contributed by atoms with Crippen LogP contribution in [0, 0.1) is 29.1 Å². The Bertz CT molecular complexity index is 657. The van der Waals surface area contributed by atoms with Crippen LogP contribution in [0.25, 0.3) is 0 Å². The summed E-state index contributed by atoms with van der Waals surface area (Å²) in [5, 5.41) is 3.19. The van der Waals surface area contributed by atoms with E-state index in [0.717, 1.165) is 45.2 Å². The fourth-order valence-corrected chi connectivity index (χ4v) is 7.12. The van der Waals surface area contributed by atoms with Crippen LogP contribution >= 0.6 is 0 Å². The third-order valence-corrected chi connectivity index (χ3v) is 8.46. The number of nitrogens with zero attached hydrogens (tertiary/aromatic N) is 1. The van der Waals surface area contributed by atoms with Crippen molar-refractivity contribution >= 4 is 12.0 Å². The van der Waals surface area contributed by atoms with E-state index in [1.807, 2.05) is 4.90 Å². The van der Waals surface area contributed by atoms with E-state index in [1.165, 1.54) is 19.3 Å². The van der Waals surface area contributed by atoms with Gasteiger partial charge in [0.05, 0.1) is 0 Å². The van der Waals surface area contributed by atoms with Gasteiger partial charge in [0.2, 0.25) is 5.91 Å². The highest BCUT2D eigenvalue weighted by Gasteiger charge is 2.58. The number of hydrogen-bond acceptors (Lipinski definition) is 3. The van der Waals surface area contributed by atoms with Gasteiger partial charge >= 0.3 is 6.09 Å². The molecule has 4 aliphatic rings. The van der Waals surface area contributed by atoms with E-state index in [2.05, 4.69) is 32.2 Å². The van der Waals surface area contributed by atoms with Gasteiger partial charge in [0.15, 0.2) is 0 Å². The van der Waals surface area contributed by atoms with Crippen LogP contribution < -0.4 is 5.32 Å². The molecule has 5 nitrogen and oxygen atoms in total. The lowest BCUT2D eigenvalue weighted by Gasteiger charge is -2.54. The second-order valence-corrected chi connectivity index (χ2v) is 10.0. The molecule has 1 aliphatic heterocycles. The van der Waals surface area contributed by atoms with Crippen LogP contribution in [-0.4, -0.2) is 42.1 Å². The molecule has 0 aromatic rings. The molecule has 29 heavy (non-hydrogen) atoms. The van der Waals surface area contributed by atoms with Crippen molar-refractivity contribution in [2.75, 3.05) is 13.1 Å². The number of rotatable bonds is 5. The lowest BCUT2D eigenvalue weighted by molar-refractivity contribution is -0.120. The Morgan fingerprint density at radius 3 is 2.62 bits per heavy atom. The first-order valence-electron chi connectivity index (χ1n) is 11.9. The number of carbonyl (C=O) groups is 2. The zero-order chi connectivity index (χ0) is 20.6. The molecule has 0 aromatic heterocycles. The van der Waals surface area contributed by atoms with Crippen LogP contribution in [0.4, 0.5) is 4.79 Å². The summed E-state index contributed by atoms with van der Waals surface area (Å²) in [4.78, 5) is 26.5. The molecule has 2 amide bonds. The van der Waals surface area contributed by atoms with Gasteiger partial charge in [-0.15, -0.1) is 0 Å². The summed E-state index contributed by atoms with van der Waals surface area (Å²) in [7, 11) is 0. The van der Waals surface area contributed by atoms with E-state index in [4.69, 9.17) is 4.74 Å². The average molecular weight is 403 g/mol. The normalized spacial score (nSPS) is 40.4. The predicted octanol–water partition coefficient (Wildman–Crippen LogP) is 4.52. The Labute approximate surface area is 175 Å². The minimum Gasteiger partial charge on any atom is -0.446 e. The molecular formula is C24H38N2O3. The number of hydrogen-bond donors (Lipinski definition) is 1. The molecular weight excluding hydrogens is 364 g/mol. The number of carbonyl (C=O) groups excluding carboxylic acids is 2. The van der Waals surface area contributed by atoms with Crippen molar-refractivity contribution in [2.24, 2.45) is 29.1 Å². The van der Waals surface area contributed by atoms with E-state index >= 15 is 0 Å². The van der Waals surface area contributed by atoms with Crippen molar-refractivity contribution in [1.29, 1.82) is 0 Å². The topological polar surface area (TPSA) is 58.6 Å². The maximum absolute atomic E-state index is 12.9. The number of fused-ring (bicyclic) bond motifs is 5. The molecule has 0 aromatic carbocycles. The van der Waals surface area contributed by atoms with Crippen LogP contribution in [0.5, 0.6) is 0 Å². The second kappa shape index (κ2) is 8.31. The summed E-state index contributed by atoms with van der Waals surface area (Å²) in [5.74, 6) is 2.55. The van der Waals surface area contributed by atoms with Gasteiger partial charge in [-0.25, -0.2) is 4.79 Å².